The van der Waals surface area contributed by atoms with Crippen LogP contribution in [0.4, 0.5) is 0 Å². The zero-order valence-corrected chi connectivity index (χ0v) is 17.5. The molecule has 4 N–H and O–H groups in total. The molecule has 2 aromatic rings. The number of nitrogens with one attached hydrogen (secondary N) is 2. The van der Waals surface area contributed by atoms with Crippen molar-refractivity contribution in [2.24, 2.45) is 10.1 Å². The zero-order valence-electron chi connectivity index (χ0n) is 13.6. The molecule has 0 atom stereocenters. The van der Waals surface area contributed by atoms with E-state index < -0.39 is 10.0 Å². The molecule has 136 valence electrons. The monoisotopic (exact) mass is 494 g/mol. The Morgan fingerprint density at radius 2 is 1.68 bits per heavy atom. The molecule has 2 aromatic carbocycles. The second-order valence-corrected chi connectivity index (χ2v) is 7.10. The van der Waals surface area contributed by atoms with Crippen LogP contribution in [0, 0.1) is 0 Å². The van der Waals surface area contributed by atoms with E-state index in [1.54, 1.807) is 13.1 Å². The van der Waals surface area contributed by atoms with Crippen molar-refractivity contribution in [3.63, 3.8) is 0 Å². The molecule has 0 spiro atoms. The third-order valence-electron chi connectivity index (χ3n) is 3.28. The molecule has 0 heterocycles. The van der Waals surface area contributed by atoms with E-state index in [-0.39, 0.29) is 28.9 Å². The number of sulfonamides is 1. The van der Waals surface area contributed by atoms with E-state index in [1.165, 1.54) is 12.1 Å². The highest BCUT2D eigenvalue weighted by molar-refractivity contribution is 14.0. The van der Waals surface area contributed by atoms with E-state index in [4.69, 9.17) is 16.7 Å². The van der Waals surface area contributed by atoms with Crippen LogP contribution in [-0.4, -0.2) is 21.4 Å². The van der Waals surface area contributed by atoms with Gasteiger partial charge in [0.15, 0.2) is 5.96 Å². The Hall–Kier alpha value is -1.36. The van der Waals surface area contributed by atoms with E-state index in [0.29, 0.717) is 24.1 Å². The molecule has 25 heavy (non-hydrogen) atoms. The fraction of sp³-hybridized carbons (Fsp3) is 0.188. The van der Waals surface area contributed by atoms with Crippen LogP contribution in [-0.2, 0) is 23.1 Å². The van der Waals surface area contributed by atoms with Crippen molar-refractivity contribution < 1.29 is 8.42 Å². The number of guanidine groups is 1. The third-order valence-corrected chi connectivity index (χ3v) is 4.45. The number of nitrogens with two attached hydrogens (primary N) is 1. The zero-order chi connectivity index (χ0) is 17.6. The summed E-state index contributed by atoms with van der Waals surface area (Å²) in [6.45, 7) is 1.01. The Kier molecular flexibility index (Phi) is 8.63. The fourth-order valence-corrected chi connectivity index (χ4v) is 2.74. The molecule has 0 bridgehead atoms. The first-order valence-electron chi connectivity index (χ1n) is 7.19. The van der Waals surface area contributed by atoms with Crippen LogP contribution in [0.15, 0.2) is 58.4 Å². The Balaban J connectivity index is 0.00000312. The number of primary sulfonamides is 1. The summed E-state index contributed by atoms with van der Waals surface area (Å²) >= 11 is 5.86. The molecule has 0 fully saturated rings. The molecule has 0 aliphatic carbocycles. The quantitative estimate of drug-likeness (QED) is 0.338. The number of nitrogens with zero attached hydrogens (tertiary/aromatic N) is 1. The molecule has 0 saturated heterocycles. The Bertz CT molecular complexity index is 826. The van der Waals surface area contributed by atoms with Gasteiger partial charge in [0.2, 0.25) is 10.0 Å². The topological polar surface area (TPSA) is 96.6 Å². The van der Waals surface area contributed by atoms with Gasteiger partial charge in [0.1, 0.15) is 0 Å². The van der Waals surface area contributed by atoms with Crippen molar-refractivity contribution in [1.82, 2.24) is 10.6 Å². The smallest absolute Gasteiger partial charge is 0.238 e. The number of halogens is 2. The summed E-state index contributed by atoms with van der Waals surface area (Å²) in [5, 5.41) is 12.1. The van der Waals surface area contributed by atoms with E-state index in [2.05, 4.69) is 15.6 Å². The first kappa shape index (κ1) is 21.7. The van der Waals surface area contributed by atoms with Crippen LogP contribution in [0.1, 0.15) is 11.1 Å². The van der Waals surface area contributed by atoms with Gasteiger partial charge < -0.3 is 10.6 Å². The predicted octanol–water partition coefficient (Wildman–Crippen LogP) is 2.47. The van der Waals surface area contributed by atoms with Gasteiger partial charge in [-0.3, -0.25) is 4.99 Å². The standard InChI is InChI=1S/C16H19ClN4O2S.HI/c1-19-16(20-10-12-5-7-14(17)8-6-12)21-11-13-3-2-4-15(9-13)24(18,22)23;/h2-9H,10-11H2,1H3,(H2,18,22,23)(H2,19,20,21);1H. The van der Waals surface area contributed by atoms with Crippen molar-refractivity contribution in [3.8, 4) is 0 Å². The fourth-order valence-electron chi connectivity index (χ4n) is 2.03. The number of rotatable bonds is 5. The third kappa shape index (κ3) is 7.18. The van der Waals surface area contributed by atoms with Crippen LogP contribution >= 0.6 is 35.6 Å². The number of hydrogen-bond donors (Lipinski definition) is 3. The van der Waals surface area contributed by atoms with Gasteiger partial charge in [-0.2, -0.15) is 0 Å². The molecule has 0 unspecified atom stereocenters. The maximum Gasteiger partial charge on any atom is 0.238 e. The lowest BCUT2D eigenvalue weighted by Gasteiger charge is -2.12. The van der Waals surface area contributed by atoms with Gasteiger partial charge in [-0.15, -0.1) is 24.0 Å². The molecule has 0 aliphatic heterocycles. The van der Waals surface area contributed by atoms with Crippen molar-refractivity contribution >= 4 is 51.6 Å². The minimum absolute atomic E-state index is 0. The van der Waals surface area contributed by atoms with Gasteiger partial charge in [0.25, 0.3) is 0 Å². The largest absolute Gasteiger partial charge is 0.352 e. The normalized spacial score (nSPS) is 11.6. The van der Waals surface area contributed by atoms with Crippen LogP contribution in [0.3, 0.4) is 0 Å². The summed E-state index contributed by atoms with van der Waals surface area (Å²) < 4.78 is 22.7. The van der Waals surface area contributed by atoms with Crippen molar-refractivity contribution in [1.29, 1.82) is 0 Å². The summed E-state index contributed by atoms with van der Waals surface area (Å²) in [5.74, 6) is 0.603. The van der Waals surface area contributed by atoms with E-state index in [1.807, 2.05) is 30.3 Å². The average Bonchev–Trinajstić information content (AvgIpc) is 2.56. The minimum Gasteiger partial charge on any atom is -0.352 e. The molecular weight excluding hydrogens is 475 g/mol. The van der Waals surface area contributed by atoms with Gasteiger partial charge in [-0.1, -0.05) is 35.9 Å². The first-order valence-corrected chi connectivity index (χ1v) is 9.11. The number of benzene rings is 2. The highest BCUT2D eigenvalue weighted by atomic mass is 127. The molecule has 0 saturated carbocycles. The van der Waals surface area contributed by atoms with Crippen molar-refractivity contribution in [3.05, 3.63) is 64.7 Å². The lowest BCUT2D eigenvalue weighted by molar-refractivity contribution is 0.597. The SMILES string of the molecule is CN=C(NCc1ccc(Cl)cc1)NCc1cccc(S(N)(=O)=O)c1.I. The summed E-state index contributed by atoms with van der Waals surface area (Å²) in [7, 11) is -2.04. The predicted molar refractivity (Wildman–Crippen MR) is 112 cm³/mol. The van der Waals surface area contributed by atoms with Gasteiger partial charge in [-0.05, 0) is 35.4 Å². The van der Waals surface area contributed by atoms with Crippen LogP contribution in [0.5, 0.6) is 0 Å². The Labute approximate surface area is 169 Å². The highest BCUT2D eigenvalue weighted by Crippen LogP contribution is 2.10. The van der Waals surface area contributed by atoms with Gasteiger partial charge in [0.05, 0.1) is 4.90 Å². The maximum atomic E-state index is 11.4. The van der Waals surface area contributed by atoms with Crippen LogP contribution in [0.25, 0.3) is 0 Å². The van der Waals surface area contributed by atoms with Crippen molar-refractivity contribution in [2.45, 2.75) is 18.0 Å². The van der Waals surface area contributed by atoms with Crippen LogP contribution < -0.4 is 15.8 Å². The lowest BCUT2D eigenvalue weighted by atomic mass is 10.2. The molecule has 2 rings (SSSR count). The van der Waals surface area contributed by atoms with Gasteiger partial charge >= 0.3 is 0 Å². The maximum absolute atomic E-state index is 11.4. The van der Waals surface area contributed by atoms with Crippen molar-refractivity contribution in [2.75, 3.05) is 7.05 Å². The average molecular weight is 495 g/mol. The Morgan fingerprint density at radius 3 is 2.24 bits per heavy atom. The molecule has 9 heteroatoms. The van der Waals surface area contributed by atoms with Gasteiger partial charge in [0, 0.05) is 25.2 Å². The summed E-state index contributed by atoms with van der Waals surface area (Å²) in [6, 6.07) is 14.0. The molecule has 0 radical (unpaired) electrons. The first-order chi connectivity index (χ1) is 11.4. The Morgan fingerprint density at radius 1 is 1.08 bits per heavy atom. The van der Waals surface area contributed by atoms with Crippen LogP contribution in [0.2, 0.25) is 5.02 Å². The molecule has 0 aliphatic rings. The lowest BCUT2D eigenvalue weighted by Crippen LogP contribution is -2.36. The second kappa shape index (κ2) is 9.95. The molecular formula is C16H20ClIN4O2S. The minimum atomic E-state index is -3.70. The van der Waals surface area contributed by atoms with E-state index in [0.717, 1.165) is 11.1 Å². The number of hydrogen-bond acceptors (Lipinski definition) is 3. The second-order valence-electron chi connectivity index (χ2n) is 5.10. The highest BCUT2D eigenvalue weighted by Gasteiger charge is 2.08. The van der Waals surface area contributed by atoms with E-state index >= 15 is 0 Å². The van der Waals surface area contributed by atoms with E-state index in [9.17, 15) is 8.42 Å². The molecule has 0 amide bonds. The summed E-state index contributed by atoms with van der Waals surface area (Å²) in [4.78, 5) is 4.22. The van der Waals surface area contributed by atoms with Gasteiger partial charge in [-0.25, -0.2) is 13.6 Å². The summed E-state index contributed by atoms with van der Waals surface area (Å²) in [6.07, 6.45) is 0. The number of aliphatic imine (C=N–C) groups is 1. The molecule has 0 aromatic heterocycles. The summed E-state index contributed by atoms with van der Waals surface area (Å²) in [5.41, 5.74) is 1.86. The molecule has 6 nitrogen and oxygen atoms in total.